The van der Waals surface area contributed by atoms with Crippen molar-refractivity contribution in [3.05, 3.63) is 59.2 Å². The van der Waals surface area contributed by atoms with Crippen molar-refractivity contribution in [1.82, 2.24) is 0 Å². The third kappa shape index (κ3) is 3.52. The van der Waals surface area contributed by atoms with E-state index in [9.17, 15) is 22.0 Å². The molecule has 0 aliphatic rings. The molecule has 0 N–H and O–H groups in total. The van der Waals surface area contributed by atoms with Gasteiger partial charge in [0.1, 0.15) is 17.7 Å². The molecule has 0 fully saturated rings. The summed E-state index contributed by atoms with van der Waals surface area (Å²) in [6.07, 6.45) is -4.56. The molecule has 0 radical (unpaired) electrons. The number of hydrogen-bond acceptors (Lipinski definition) is 2. The van der Waals surface area contributed by atoms with Crippen LogP contribution in [0.4, 0.5) is 22.0 Å². The number of hydrogen-bond donors (Lipinski definition) is 0. The smallest absolute Gasteiger partial charge is 0.207 e. The zero-order chi connectivity index (χ0) is 15.6. The Hall–Kier alpha value is -2.07. The van der Waals surface area contributed by atoms with Gasteiger partial charge in [-0.2, -0.15) is 18.4 Å². The van der Waals surface area contributed by atoms with Crippen LogP contribution in [0.3, 0.4) is 0 Å². The van der Waals surface area contributed by atoms with E-state index >= 15 is 0 Å². The summed E-state index contributed by atoms with van der Waals surface area (Å²) in [6, 6.07) is 7.10. The number of nitrogens with zero attached hydrogens (tertiary/aromatic N) is 1. The zero-order valence-corrected chi connectivity index (χ0v) is 11.0. The van der Waals surface area contributed by atoms with Gasteiger partial charge in [0.25, 0.3) is 0 Å². The average molecular weight is 315 g/mol. The molecule has 1 nitrogen and oxygen atoms in total. The van der Waals surface area contributed by atoms with Crippen LogP contribution in [0.1, 0.15) is 11.1 Å². The summed E-state index contributed by atoms with van der Waals surface area (Å²) < 4.78 is 64.0. The Labute approximate surface area is 121 Å². The molecule has 0 aromatic heterocycles. The minimum absolute atomic E-state index is 0.0210. The van der Waals surface area contributed by atoms with Crippen molar-refractivity contribution < 1.29 is 22.0 Å². The Balaban J connectivity index is 2.39. The van der Waals surface area contributed by atoms with Crippen molar-refractivity contribution in [3.8, 4) is 6.07 Å². The third-order valence-corrected chi connectivity index (χ3v) is 3.67. The fraction of sp³-hybridized carbons (Fsp3) is 0.0714. The molecule has 0 saturated carbocycles. The van der Waals surface area contributed by atoms with Gasteiger partial charge in [0, 0.05) is 15.9 Å². The lowest BCUT2D eigenvalue weighted by Gasteiger charge is -2.10. The molecule has 108 valence electrons. The Bertz CT molecular complexity index is 718. The van der Waals surface area contributed by atoms with E-state index in [1.165, 1.54) is 0 Å². The zero-order valence-electron chi connectivity index (χ0n) is 10.2. The predicted octanol–water partition coefficient (Wildman–Crippen LogP) is 5.01. The van der Waals surface area contributed by atoms with Gasteiger partial charge in [-0.1, -0.05) is 11.8 Å². The van der Waals surface area contributed by atoms with E-state index in [0.29, 0.717) is 12.1 Å². The van der Waals surface area contributed by atoms with Crippen LogP contribution in [0.5, 0.6) is 0 Å². The van der Waals surface area contributed by atoms with Crippen molar-refractivity contribution in [2.75, 3.05) is 0 Å². The molecule has 0 bridgehead atoms. The fourth-order valence-corrected chi connectivity index (χ4v) is 2.44. The third-order valence-electron chi connectivity index (χ3n) is 2.54. The molecule has 2 aromatic carbocycles. The molecular weight excluding hydrogens is 309 g/mol. The lowest BCUT2D eigenvalue weighted by molar-refractivity contribution is -0.137. The number of alkyl halides is 3. The van der Waals surface area contributed by atoms with E-state index in [0.717, 1.165) is 36.0 Å². The summed E-state index contributed by atoms with van der Waals surface area (Å²) in [5.41, 5.74) is -1.18. The van der Waals surface area contributed by atoms with E-state index in [2.05, 4.69) is 0 Å². The van der Waals surface area contributed by atoms with E-state index in [1.807, 2.05) is 0 Å². The van der Waals surface area contributed by atoms with E-state index in [-0.39, 0.29) is 15.4 Å². The van der Waals surface area contributed by atoms with E-state index in [4.69, 9.17) is 5.26 Å². The van der Waals surface area contributed by atoms with Crippen molar-refractivity contribution >= 4 is 11.8 Å². The van der Waals surface area contributed by atoms with Crippen LogP contribution in [0.15, 0.2) is 46.2 Å². The molecule has 0 aliphatic carbocycles. The molecule has 0 amide bonds. The number of rotatable bonds is 2. The average Bonchev–Trinajstić information content (AvgIpc) is 2.41. The maximum Gasteiger partial charge on any atom is 0.416 e. The number of nitriles is 1. The monoisotopic (exact) mass is 315 g/mol. The van der Waals surface area contributed by atoms with E-state index < -0.39 is 23.4 Å². The Morgan fingerprint density at radius 1 is 0.952 bits per heavy atom. The Kier molecular flexibility index (Phi) is 4.19. The highest BCUT2D eigenvalue weighted by atomic mass is 32.2. The maximum atomic E-state index is 13.5. The first-order valence-electron chi connectivity index (χ1n) is 5.55. The van der Waals surface area contributed by atoms with Crippen LogP contribution in [-0.4, -0.2) is 0 Å². The van der Waals surface area contributed by atoms with Crippen LogP contribution in [0.25, 0.3) is 0 Å². The van der Waals surface area contributed by atoms with Crippen LogP contribution in [0, 0.1) is 23.0 Å². The molecule has 0 spiro atoms. The fourth-order valence-electron chi connectivity index (χ4n) is 1.56. The second-order valence-corrected chi connectivity index (χ2v) is 5.08. The highest BCUT2D eigenvalue weighted by Crippen LogP contribution is 2.36. The molecule has 2 rings (SSSR count). The van der Waals surface area contributed by atoms with Gasteiger partial charge in [0.05, 0.1) is 11.1 Å². The lowest BCUT2D eigenvalue weighted by atomic mass is 10.1. The predicted molar refractivity (Wildman–Crippen MR) is 66.6 cm³/mol. The van der Waals surface area contributed by atoms with Gasteiger partial charge in [0.2, 0.25) is 0 Å². The van der Waals surface area contributed by atoms with Crippen LogP contribution < -0.4 is 0 Å². The minimum Gasteiger partial charge on any atom is -0.207 e. The molecule has 0 heterocycles. The van der Waals surface area contributed by atoms with Crippen molar-refractivity contribution in [2.24, 2.45) is 0 Å². The molecule has 2 aromatic rings. The summed E-state index contributed by atoms with van der Waals surface area (Å²) in [7, 11) is 0. The largest absolute Gasteiger partial charge is 0.416 e. The van der Waals surface area contributed by atoms with Gasteiger partial charge in [-0.05, 0) is 30.3 Å². The van der Waals surface area contributed by atoms with E-state index in [1.54, 1.807) is 6.07 Å². The van der Waals surface area contributed by atoms with Gasteiger partial charge < -0.3 is 0 Å². The summed E-state index contributed by atoms with van der Waals surface area (Å²) in [4.78, 5) is 0.184. The quantitative estimate of drug-likeness (QED) is 0.728. The summed E-state index contributed by atoms with van der Waals surface area (Å²) in [5.74, 6) is -1.60. The lowest BCUT2D eigenvalue weighted by Crippen LogP contribution is -2.05. The number of halogens is 5. The summed E-state index contributed by atoms with van der Waals surface area (Å²) in [6.45, 7) is 0. The first-order valence-corrected chi connectivity index (χ1v) is 6.37. The number of benzene rings is 2. The maximum absolute atomic E-state index is 13.5. The van der Waals surface area contributed by atoms with Gasteiger partial charge in [0.15, 0.2) is 0 Å². The van der Waals surface area contributed by atoms with Gasteiger partial charge in [-0.25, -0.2) is 8.78 Å². The summed E-state index contributed by atoms with van der Waals surface area (Å²) >= 11 is 0.762. The van der Waals surface area contributed by atoms with Crippen LogP contribution >= 0.6 is 11.8 Å². The van der Waals surface area contributed by atoms with Crippen molar-refractivity contribution in [1.29, 1.82) is 5.26 Å². The van der Waals surface area contributed by atoms with Crippen molar-refractivity contribution in [2.45, 2.75) is 16.0 Å². The SMILES string of the molecule is N#Cc1cc(C(F)(F)F)ccc1Sc1ccc(F)cc1F. The highest BCUT2D eigenvalue weighted by molar-refractivity contribution is 7.99. The summed E-state index contributed by atoms with van der Waals surface area (Å²) in [5, 5.41) is 8.92. The standard InChI is InChI=1S/C14H6F5NS/c15-10-2-4-13(11(16)6-10)21-12-3-1-9(14(17,18)19)5-8(12)7-20/h1-6H. The molecule has 0 unspecified atom stereocenters. The minimum atomic E-state index is -4.56. The first-order chi connectivity index (χ1) is 9.81. The van der Waals surface area contributed by atoms with Gasteiger partial charge >= 0.3 is 6.18 Å². The van der Waals surface area contributed by atoms with Gasteiger partial charge in [-0.3, -0.25) is 0 Å². The Morgan fingerprint density at radius 2 is 1.62 bits per heavy atom. The van der Waals surface area contributed by atoms with Crippen LogP contribution in [-0.2, 0) is 6.18 Å². The first kappa shape index (κ1) is 15.3. The molecule has 7 heteroatoms. The normalized spacial score (nSPS) is 11.2. The second kappa shape index (κ2) is 5.74. The second-order valence-electron chi connectivity index (χ2n) is 4.00. The van der Waals surface area contributed by atoms with Crippen molar-refractivity contribution in [3.63, 3.8) is 0 Å². The Morgan fingerprint density at radius 3 is 2.19 bits per heavy atom. The molecule has 0 saturated heterocycles. The highest BCUT2D eigenvalue weighted by Gasteiger charge is 2.31. The molecule has 0 aliphatic heterocycles. The van der Waals surface area contributed by atoms with Crippen LogP contribution in [0.2, 0.25) is 0 Å². The molecule has 21 heavy (non-hydrogen) atoms. The topological polar surface area (TPSA) is 23.8 Å². The molecular formula is C14H6F5NS. The van der Waals surface area contributed by atoms with Gasteiger partial charge in [-0.15, -0.1) is 0 Å². The molecule has 0 atom stereocenters.